The summed E-state index contributed by atoms with van der Waals surface area (Å²) < 4.78 is 15.5. The zero-order valence-corrected chi connectivity index (χ0v) is 10.7. The maximum Gasteiger partial charge on any atom is 0.160 e. The molecule has 0 N–H and O–H groups in total. The highest BCUT2D eigenvalue weighted by Crippen LogP contribution is 2.27. The molecule has 3 rings (SSSR count). The number of rotatable bonds is 2. The summed E-state index contributed by atoms with van der Waals surface area (Å²) in [6.45, 7) is 4.01. The fourth-order valence-corrected chi connectivity index (χ4v) is 2.15. The van der Waals surface area contributed by atoms with E-state index in [0.29, 0.717) is 11.4 Å². The van der Waals surface area contributed by atoms with Crippen LogP contribution in [0.15, 0.2) is 36.8 Å². The van der Waals surface area contributed by atoms with Crippen LogP contribution >= 0.6 is 0 Å². The number of nitrogens with zero attached hydrogens (tertiary/aromatic N) is 4. The molecule has 0 aliphatic rings. The number of benzene rings is 1. The lowest BCUT2D eigenvalue weighted by atomic mass is 10.1. The van der Waals surface area contributed by atoms with Gasteiger partial charge in [0.15, 0.2) is 5.82 Å². The number of hydrogen-bond acceptors (Lipinski definition) is 3. The van der Waals surface area contributed by atoms with Gasteiger partial charge in [-0.2, -0.15) is 5.10 Å². The zero-order chi connectivity index (χ0) is 13.4. The summed E-state index contributed by atoms with van der Waals surface area (Å²) in [4.78, 5) is 8.58. The van der Waals surface area contributed by atoms with Crippen molar-refractivity contribution in [3.8, 4) is 11.4 Å². The van der Waals surface area contributed by atoms with Gasteiger partial charge in [0.1, 0.15) is 12.1 Å². The summed E-state index contributed by atoms with van der Waals surface area (Å²) in [5.74, 6) is 0.340. The quantitative estimate of drug-likeness (QED) is 0.707. The van der Waals surface area contributed by atoms with Crippen LogP contribution in [0.2, 0.25) is 0 Å². The first kappa shape index (κ1) is 11.8. The van der Waals surface area contributed by atoms with Gasteiger partial charge in [0.25, 0.3) is 0 Å². The van der Waals surface area contributed by atoms with E-state index in [1.807, 2.05) is 19.9 Å². The van der Waals surface area contributed by atoms with Gasteiger partial charge in [-0.1, -0.05) is 6.07 Å². The molecule has 0 unspecified atom stereocenters. The number of aromatic nitrogens is 4. The first-order valence-corrected chi connectivity index (χ1v) is 6.11. The molecule has 96 valence electrons. The average Bonchev–Trinajstić information content (AvgIpc) is 2.86. The van der Waals surface area contributed by atoms with Crippen LogP contribution in [0.5, 0.6) is 0 Å². The van der Waals surface area contributed by atoms with Gasteiger partial charge in [-0.05, 0) is 32.0 Å². The molecule has 19 heavy (non-hydrogen) atoms. The van der Waals surface area contributed by atoms with Crippen LogP contribution in [-0.2, 0) is 0 Å². The SMILES string of the molecule is CC(C)n1ncnc1-c1cc(F)cc2cccnc12. The predicted octanol–water partition coefficient (Wildman–Crippen LogP) is 3.21. The summed E-state index contributed by atoms with van der Waals surface area (Å²) in [7, 11) is 0. The highest BCUT2D eigenvalue weighted by atomic mass is 19.1. The molecule has 1 aromatic carbocycles. The molecular formula is C14H13FN4. The topological polar surface area (TPSA) is 43.6 Å². The second-order valence-electron chi connectivity index (χ2n) is 4.65. The fraction of sp³-hybridized carbons (Fsp3) is 0.214. The largest absolute Gasteiger partial charge is 0.255 e. The van der Waals surface area contributed by atoms with Crippen LogP contribution in [0, 0.1) is 5.82 Å². The third kappa shape index (κ3) is 1.97. The Morgan fingerprint density at radius 2 is 2.05 bits per heavy atom. The highest BCUT2D eigenvalue weighted by molar-refractivity contribution is 5.91. The summed E-state index contributed by atoms with van der Waals surface area (Å²) in [6, 6.07) is 6.71. The van der Waals surface area contributed by atoms with E-state index in [1.165, 1.54) is 18.5 Å². The van der Waals surface area contributed by atoms with Crippen molar-refractivity contribution in [2.45, 2.75) is 19.9 Å². The van der Waals surface area contributed by atoms with Crippen molar-refractivity contribution in [1.29, 1.82) is 0 Å². The van der Waals surface area contributed by atoms with Crippen LogP contribution in [0.25, 0.3) is 22.3 Å². The summed E-state index contributed by atoms with van der Waals surface area (Å²) in [5, 5.41) is 4.94. The molecule has 0 aliphatic carbocycles. The molecule has 0 bridgehead atoms. The average molecular weight is 256 g/mol. The fourth-order valence-electron chi connectivity index (χ4n) is 2.15. The van der Waals surface area contributed by atoms with Gasteiger partial charge in [-0.3, -0.25) is 4.98 Å². The van der Waals surface area contributed by atoms with Gasteiger partial charge in [-0.25, -0.2) is 14.1 Å². The van der Waals surface area contributed by atoms with Crippen molar-refractivity contribution < 1.29 is 4.39 Å². The van der Waals surface area contributed by atoms with E-state index in [0.717, 1.165) is 10.9 Å². The summed E-state index contributed by atoms with van der Waals surface area (Å²) >= 11 is 0. The molecule has 2 aromatic heterocycles. The summed E-state index contributed by atoms with van der Waals surface area (Å²) in [6.07, 6.45) is 3.18. The molecule has 0 amide bonds. The van der Waals surface area contributed by atoms with Gasteiger partial charge in [0, 0.05) is 23.2 Å². The molecule has 5 heteroatoms. The van der Waals surface area contributed by atoms with Gasteiger partial charge in [-0.15, -0.1) is 0 Å². The Balaban J connectivity index is 2.33. The molecule has 0 saturated carbocycles. The second kappa shape index (κ2) is 4.42. The number of pyridine rings is 1. The first-order chi connectivity index (χ1) is 9.16. The van der Waals surface area contributed by atoms with E-state index in [4.69, 9.17) is 0 Å². The Hall–Kier alpha value is -2.30. The minimum atomic E-state index is -0.297. The van der Waals surface area contributed by atoms with Crippen molar-refractivity contribution in [3.05, 3.63) is 42.6 Å². The molecule has 0 saturated heterocycles. The molecule has 3 aromatic rings. The number of hydrogen-bond donors (Lipinski definition) is 0. The monoisotopic (exact) mass is 256 g/mol. The van der Waals surface area contributed by atoms with E-state index in [2.05, 4.69) is 15.1 Å². The lowest BCUT2D eigenvalue weighted by Gasteiger charge is -2.11. The standard InChI is InChI=1S/C14H13FN4/c1-9(2)19-14(17-8-18-19)12-7-11(15)6-10-4-3-5-16-13(10)12/h3-9H,1-2H3. The molecular weight excluding hydrogens is 243 g/mol. The number of fused-ring (bicyclic) bond motifs is 1. The highest BCUT2D eigenvalue weighted by Gasteiger charge is 2.15. The van der Waals surface area contributed by atoms with E-state index in [1.54, 1.807) is 16.9 Å². The van der Waals surface area contributed by atoms with Crippen LogP contribution < -0.4 is 0 Å². The maximum atomic E-state index is 13.7. The maximum absolute atomic E-state index is 13.7. The molecule has 0 atom stereocenters. The van der Waals surface area contributed by atoms with Crippen molar-refractivity contribution in [3.63, 3.8) is 0 Å². The van der Waals surface area contributed by atoms with Crippen LogP contribution in [-0.4, -0.2) is 19.7 Å². The molecule has 4 nitrogen and oxygen atoms in total. The van der Waals surface area contributed by atoms with Gasteiger partial charge < -0.3 is 0 Å². The van der Waals surface area contributed by atoms with Gasteiger partial charge >= 0.3 is 0 Å². The lowest BCUT2D eigenvalue weighted by Crippen LogP contribution is -2.05. The smallest absolute Gasteiger partial charge is 0.160 e. The van der Waals surface area contributed by atoms with E-state index < -0.39 is 0 Å². The van der Waals surface area contributed by atoms with Crippen LogP contribution in [0.4, 0.5) is 4.39 Å². The summed E-state index contributed by atoms with van der Waals surface area (Å²) in [5.41, 5.74) is 1.40. The Labute approximate surface area is 109 Å². The molecule has 0 radical (unpaired) electrons. The minimum absolute atomic E-state index is 0.152. The molecule has 2 heterocycles. The lowest BCUT2D eigenvalue weighted by molar-refractivity contribution is 0.537. The Morgan fingerprint density at radius 1 is 1.21 bits per heavy atom. The van der Waals surface area contributed by atoms with E-state index in [-0.39, 0.29) is 11.9 Å². The molecule has 0 aliphatic heterocycles. The van der Waals surface area contributed by atoms with Crippen molar-refractivity contribution >= 4 is 10.9 Å². The van der Waals surface area contributed by atoms with E-state index >= 15 is 0 Å². The van der Waals surface area contributed by atoms with Gasteiger partial charge in [0.05, 0.1) is 5.52 Å². The van der Waals surface area contributed by atoms with E-state index in [9.17, 15) is 4.39 Å². The van der Waals surface area contributed by atoms with Crippen molar-refractivity contribution in [2.24, 2.45) is 0 Å². The van der Waals surface area contributed by atoms with Crippen molar-refractivity contribution in [2.75, 3.05) is 0 Å². The second-order valence-corrected chi connectivity index (χ2v) is 4.65. The van der Waals surface area contributed by atoms with Gasteiger partial charge in [0.2, 0.25) is 0 Å². The third-order valence-electron chi connectivity index (χ3n) is 2.97. The Bertz CT molecular complexity index is 733. The molecule has 0 spiro atoms. The predicted molar refractivity (Wildman–Crippen MR) is 71.1 cm³/mol. The third-order valence-corrected chi connectivity index (χ3v) is 2.97. The molecule has 0 fully saturated rings. The normalized spacial score (nSPS) is 11.4. The van der Waals surface area contributed by atoms with Crippen LogP contribution in [0.3, 0.4) is 0 Å². The zero-order valence-electron chi connectivity index (χ0n) is 10.7. The Morgan fingerprint density at radius 3 is 2.84 bits per heavy atom. The minimum Gasteiger partial charge on any atom is -0.255 e. The number of halogens is 1. The first-order valence-electron chi connectivity index (χ1n) is 6.11. The van der Waals surface area contributed by atoms with Crippen molar-refractivity contribution in [1.82, 2.24) is 19.7 Å². The van der Waals surface area contributed by atoms with Crippen LogP contribution in [0.1, 0.15) is 19.9 Å². The Kier molecular flexibility index (Phi) is 2.74.